The second kappa shape index (κ2) is 9.57. The number of amides is 2. The molecule has 2 amide bonds. The summed E-state index contributed by atoms with van der Waals surface area (Å²) in [6, 6.07) is 15.6. The molecule has 0 spiro atoms. The molecule has 1 atom stereocenters. The number of benzene rings is 2. The second-order valence-electron chi connectivity index (χ2n) is 6.53. The van der Waals surface area contributed by atoms with Crippen molar-refractivity contribution in [3.05, 3.63) is 95.6 Å². The Morgan fingerprint density at radius 2 is 1.62 bits per heavy atom. The minimum absolute atomic E-state index is 0.101. The molecule has 1 aromatic heterocycles. The Morgan fingerprint density at radius 1 is 0.966 bits per heavy atom. The maximum Gasteiger partial charge on any atom is 0.255 e. The van der Waals surface area contributed by atoms with Gasteiger partial charge in [-0.25, -0.2) is 4.39 Å². The van der Waals surface area contributed by atoms with E-state index in [0.717, 1.165) is 11.1 Å². The van der Waals surface area contributed by atoms with Crippen molar-refractivity contribution in [2.75, 3.05) is 5.32 Å². The molecule has 3 aromatic rings. The van der Waals surface area contributed by atoms with Gasteiger partial charge in [0.15, 0.2) is 0 Å². The van der Waals surface area contributed by atoms with Gasteiger partial charge >= 0.3 is 0 Å². The van der Waals surface area contributed by atoms with Gasteiger partial charge in [-0.3, -0.25) is 14.6 Å². The number of halogens is 1. The summed E-state index contributed by atoms with van der Waals surface area (Å²) in [7, 11) is 0. The first-order valence-corrected chi connectivity index (χ1v) is 9.09. The summed E-state index contributed by atoms with van der Waals surface area (Å²) in [5, 5.41) is 5.54. The van der Waals surface area contributed by atoms with Crippen molar-refractivity contribution in [2.24, 2.45) is 5.73 Å². The zero-order valence-corrected chi connectivity index (χ0v) is 15.6. The predicted octanol–water partition coefficient (Wildman–Crippen LogP) is 3.18. The van der Waals surface area contributed by atoms with Gasteiger partial charge in [0.2, 0.25) is 5.91 Å². The molecule has 0 fully saturated rings. The van der Waals surface area contributed by atoms with Crippen LogP contribution in [-0.2, 0) is 11.3 Å². The summed E-state index contributed by atoms with van der Waals surface area (Å²) in [5.74, 6) is -0.769. The number of pyridine rings is 1. The Kier molecular flexibility index (Phi) is 6.65. The van der Waals surface area contributed by atoms with Gasteiger partial charge in [0.25, 0.3) is 5.91 Å². The van der Waals surface area contributed by atoms with Crippen LogP contribution in [0, 0.1) is 5.82 Å². The molecule has 0 aliphatic heterocycles. The molecule has 0 bridgehead atoms. The smallest absolute Gasteiger partial charge is 0.255 e. The van der Waals surface area contributed by atoms with Crippen molar-refractivity contribution in [1.82, 2.24) is 10.3 Å². The first-order valence-electron chi connectivity index (χ1n) is 9.09. The first kappa shape index (κ1) is 20.2. The van der Waals surface area contributed by atoms with Crippen LogP contribution < -0.4 is 16.4 Å². The van der Waals surface area contributed by atoms with Crippen LogP contribution >= 0.6 is 0 Å². The monoisotopic (exact) mass is 392 g/mol. The third kappa shape index (κ3) is 5.95. The minimum atomic E-state index is -0.500. The molecular formula is C22H21FN4O2. The van der Waals surface area contributed by atoms with Crippen LogP contribution in [0.25, 0.3) is 0 Å². The van der Waals surface area contributed by atoms with Crippen LogP contribution in [0.2, 0.25) is 0 Å². The van der Waals surface area contributed by atoms with Gasteiger partial charge in [0.1, 0.15) is 5.82 Å². The van der Waals surface area contributed by atoms with E-state index < -0.39 is 6.04 Å². The van der Waals surface area contributed by atoms with E-state index in [4.69, 9.17) is 5.73 Å². The van der Waals surface area contributed by atoms with Gasteiger partial charge < -0.3 is 16.4 Å². The largest absolute Gasteiger partial charge is 0.352 e. The van der Waals surface area contributed by atoms with Gasteiger partial charge in [-0.2, -0.15) is 0 Å². The van der Waals surface area contributed by atoms with E-state index in [2.05, 4.69) is 15.6 Å². The number of aromatic nitrogens is 1. The van der Waals surface area contributed by atoms with E-state index in [0.29, 0.717) is 17.8 Å². The number of nitrogens with two attached hydrogens (primary N) is 1. The van der Waals surface area contributed by atoms with E-state index in [1.165, 1.54) is 12.1 Å². The van der Waals surface area contributed by atoms with Gasteiger partial charge in [0, 0.05) is 42.7 Å². The average molecular weight is 392 g/mol. The number of carbonyl (C=O) groups excluding carboxylic acids is 2. The molecular weight excluding hydrogens is 371 g/mol. The number of nitrogens with zero attached hydrogens (tertiary/aromatic N) is 1. The molecule has 6 nitrogen and oxygen atoms in total. The summed E-state index contributed by atoms with van der Waals surface area (Å²) in [6.07, 6.45) is 3.29. The molecule has 29 heavy (non-hydrogen) atoms. The molecule has 2 aromatic carbocycles. The highest BCUT2D eigenvalue weighted by Gasteiger charge is 2.13. The summed E-state index contributed by atoms with van der Waals surface area (Å²) in [6.45, 7) is 0.306. The van der Waals surface area contributed by atoms with Crippen LogP contribution in [0.5, 0.6) is 0 Å². The highest BCUT2D eigenvalue weighted by atomic mass is 19.1. The van der Waals surface area contributed by atoms with E-state index in [-0.39, 0.29) is 24.1 Å². The molecule has 1 heterocycles. The van der Waals surface area contributed by atoms with Crippen LogP contribution in [-0.4, -0.2) is 16.8 Å². The van der Waals surface area contributed by atoms with Gasteiger partial charge in [-0.1, -0.05) is 24.3 Å². The molecule has 0 radical (unpaired) electrons. The Morgan fingerprint density at radius 3 is 2.28 bits per heavy atom. The maximum atomic E-state index is 12.9. The highest BCUT2D eigenvalue weighted by molar-refractivity contribution is 6.04. The minimum Gasteiger partial charge on any atom is -0.352 e. The van der Waals surface area contributed by atoms with Gasteiger partial charge in [-0.05, 0) is 47.5 Å². The van der Waals surface area contributed by atoms with Crippen LogP contribution in [0.1, 0.15) is 33.9 Å². The zero-order chi connectivity index (χ0) is 20.6. The van der Waals surface area contributed by atoms with Crippen molar-refractivity contribution < 1.29 is 14.0 Å². The number of carbonyl (C=O) groups is 2. The maximum absolute atomic E-state index is 12.9. The zero-order valence-electron chi connectivity index (χ0n) is 15.6. The number of hydrogen-bond donors (Lipinski definition) is 3. The van der Waals surface area contributed by atoms with E-state index in [1.807, 2.05) is 0 Å². The molecule has 0 aliphatic carbocycles. The molecule has 4 N–H and O–H groups in total. The van der Waals surface area contributed by atoms with Crippen LogP contribution in [0.4, 0.5) is 10.1 Å². The van der Waals surface area contributed by atoms with E-state index in [1.54, 1.807) is 60.9 Å². The lowest BCUT2D eigenvalue weighted by Crippen LogP contribution is -2.27. The fourth-order valence-electron chi connectivity index (χ4n) is 2.71. The number of rotatable bonds is 7. The van der Waals surface area contributed by atoms with Crippen molar-refractivity contribution in [2.45, 2.75) is 19.0 Å². The molecule has 3 rings (SSSR count). The summed E-state index contributed by atoms with van der Waals surface area (Å²) >= 11 is 0. The Bertz CT molecular complexity index is 960. The fourth-order valence-corrected chi connectivity index (χ4v) is 2.71. The lowest BCUT2D eigenvalue weighted by molar-refractivity contribution is -0.121. The van der Waals surface area contributed by atoms with E-state index in [9.17, 15) is 14.0 Å². The SMILES string of the molecule is N[C@@H](CC(=O)NCc1ccc(F)cc1)c1ccc(C(=O)Nc2ccncc2)cc1. The van der Waals surface area contributed by atoms with Crippen molar-refractivity contribution in [1.29, 1.82) is 0 Å². The summed E-state index contributed by atoms with van der Waals surface area (Å²) in [5.41, 5.74) is 8.81. The summed E-state index contributed by atoms with van der Waals surface area (Å²) in [4.78, 5) is 28.3. The molecule has 0 saturated heterocycles. The fraction of sp³-hybridized carbons (Fsp3) is 0.136. The molecule has 0 unspecified atom stereocenters. The lowest BCUT2D eigenvalue weighted by Gasteiger charge is -2.13. The van der Waals surface area contributed by atoms with Gasteiger partial charge in [-0.15, -0.1) is 0 Å². The number of anilines is 1. The standard InChI is InChI=1S/C22H21FN4O2/c23-18-7-1-15(2-8-18)14-26-21(28)13-20(24)16-3-5-17(6-4-16)22(29)27-19-9-11-25-12-10-19/h1-12,20H,13-14,24H2,(H,26,28)(H,25,27,29)/t20-/m0/s1. The lowest BCUT2D eigenvalue weighted by atomic mass is 10.0. The van der Waals surface area contributed by atoms with E-state index >= 15 is 0 Å². The summed E-state index contributed by atoms with van der Waals surface area (Å²) < 4.78 is 12.9. The van der Waals surface area contributed by atoms with Gasteiger partial charge in [0.05, 0.1) is 0 Å². The predicted molar refractivity (Wildman–Crippen MR) is 108 cm³/mol. The van der Waals surface area contributed by atoms with Crippen LogP contribution in [0.15, 0.2) is 73.1 Å². The third-order valence-corrected chi connectivity index (χ3v) is 4.35. The third-order valence-electron chi connectivity index (χ3n) is 4.35. The van der Waals surface area contributed by atoms with Crippen molar-refractivity contribution in [3.8, 4) is 0 Å². The average Bonchev–Trinajstić information content (AvgIpc) is 2.74. The van der Waals surface area contributed by atoms with Crippen molar-refractivity contribution in [3.63, 3.8) is 0 Å². The topological polar surface area (TPSA) is 97.1 Å². The second-order valence-corrected chi connectivity index (χ2v) is 6.53. The highest BCUT2D eigenvalue weighted by Crippen LogP contribution is 2.16. The molecule has 0 saturated carbocycles. The molecule has 148 valence electrons. The van der Waals surface area contributed by atoms with Crippen molar-refractivity contribution >= 4 is 17.5 Å². The first-order chi connectivity index (χ1) is 14.0. The number of hydrogen-bond acceptors (Lipinski definition) is 4. The Hall–Kier alpha value is -3.58. The quantitative estimate of drug-likeness (QED) is 0.575. The Labute approximate surface area is 168 Å². The number of nitrogens with one attached hydrogen (secondary N) is 2. The normalized spacial score (nSPS) is 11.5. The van der Waals surface area contributed by atoms with Crippen LogP contribution in [0.3, 0.4) is 0 Å². The molecule has 0 aliphatic rings. The molecule has 7 heteroatoms. The Balaban J connectivity index is 1.51.